The Balaban J connectivity index is 2.35. The zero-order valence-corrected chi connectivity index (χ0v) is 9.64. The summed E-state index contributed by atoms with van der Waals surface area (Å²) in [7, 11) is 0. The van der Waals surface area contributed by atoms with Gasteiger partial charge in [-0.1, -0.05) is 30.3 Å². The molecule has 0 saturated heterocycles. The predicted octanol–water partition coefficient (Wildman–Crippen LogP) is 4.18. The SMILES string of the molecule is Oc1ccc2ccc3[nH]c4ccccc4c3c2c1. The van der Waals surface area contributed by atoms with Crippen molar-refractivity contribution in [1.29, 1.82) is 0 Å². The van der Waals surface area contributed by atoms with Gasteiger partial charge in [0.15, 0.2) is 0 Å². The van der Waals surface area contributed by atoms with E-state index in [4.69, 9.17) is 0 Å². The van der Waals surface area contributed by atoms with E-state index < -0.39 is 0 Å². The van der Waals surface area contributed by atoms with E-state index in [0.717, 1.165) is 21.8 Å². The molecule has 2 nitrogen and oxygen atoms in total. The molecule has 0 radical (unpaired) electrons. The van der Waals surface area contributed by atoms with Crippen LogP contribution in [-0.4, -0.2) is 10.1 Å². The molecule has 0 aliphatic heterocycles. The van der Waals surface area contributed by atoms with Gasteiger partial charge < -0.3 is 10.1 Å². The van der Waals surface area contributed by atoms with E-state index in [1.165, 1.54) is 10.8 Å². The summed E-state index contributed by atoms with van der Waals surface area (Å²) in [5.74, 6) is 0.306. The number of para-hydroxylation sites is 1. The molecule has 2 heteroatoms. The molecular formula is C16H11NO. The Hall–Kier alpha value is -2.48. The van der Waals surface area contributed by atoms with Crippen LogP contribution in [0.3, 0.4) is 0 Å². The molecule has 86 valence electrons. The number of hydrogen-bond acceptors (Lipinski definition) is 1. The highest BCUT2D eigenvalue weighted by atomic mass is 16.3. The molecule has 0 aliphatic carbocycles. The summed E-state index contributed by atoms with van der Waals surface area (Å²) in [5, 5.41) is 14.3. The minimum absolute atomic E-state index is 0.306. The maximum absolute atomic E-state index is 9.69. The highest BCUT2D eigenvalue weighted by molar-refractivity contribution is 6.20. The first-order valence-electron chi connectivity index (χ1n) is 5.95. The Morgan fingerprint density at radius 3 is 2.56 bits per heavy atom. The third-order valence-corrected chi connectivity index (χ3v) is 3.47. The fraction of sp³-hybridized carbons (Fsp3) is 0. The van der Waals surface area contributed by atoms with E-state index in [1.54, 1.807) is 6.07 Å². The van der Waals surface area contributed by atoms with Crippen molar-refractivity contribution >= 4 is 32.6 Å². The molecule has 0 spiro atoms. The lowest BCUT2D eigenvalue weighted by atomic mass is 10.0. The van der Waals surface area contributed by atoms with Gasteiger partial charge in [-0.3, -0.25) is 0 Å². The second-order valence-corrected chi connectivity index (χ2v) is 4.56. The molecule has 0 fully saturated rings. The summed E-state index contributed by atoms with van der Waals surface area (Å²) >= 11 is 0. The van der Waals surface area contributed by atoms with E-state index in [2.05, 4.69) is 29.2 Å². The highest BCUT2D eigenvalue weighted by Gasteiger charge is 2.07. The molecule has 1 heterocycles. The van der Waals surface area contributed by atoms with E-state index in [-0.39, 0.29) is 0 Å². The standard InChI is InChI=1S/C16H11NO/c18-11-7-5-10-6-8-15-16(13(10)9-11)12-3-1-2-4-14(12)17-15/h1-9,17-18H. The third-order valence-electron chi connectivity index (χ3n) is 3.47. The average Bonchev–Trinajstić information content (AvgIpc) is 2.77. The summed E-state index contributed by atoms with van der Waals surface area (Å²) in [6, 6.07) is 17.9. The molecule has 18 heavy (non-hydrogen) atoms. The molecule has 0 saturated carbocycles. The van der Waals surface area contributed by atoms with Crippen molar-refractivity contribution in [3.8, 4) is 5.75 Å². The first kappa shape index (κ1) is 9.54. The number of aromatic nitrogens is 1. The molecular weight excluding hydrogens is 222 g/mol. The largest absolute Gasteiger partial charge is 0.508 e. The number of aromatic hydroxyl groups is 1. The molecule has 0 aliphatic rings. The fourth-order valence-electron chi connectivity index (χ4n) is 2.66. The summed E-state index contributed by atoms with van der Waals surface area (Å²) in [6.07, 6.45) is 0. The van der Waals surface area contributed by atoms with Crippen molar-refractivity contribution in [2.24, 2.45) is 0 Å². The molecule has 0 atom stereocenters. The monoisotopic (exact) mass is 233 g/mol. The fourth-order valence-corrected chi connectivity index (χ4v) is 2.66. The number of phenols is 1. The van der Waals surface area contributed by atoms with Gasteiger partial charge in [-0.25, -0.2) is 0 Å². The smallest absolute Gasteiger partial charge is 0.116 e. The van der Waals surface area contributed by atoms with Crippen LogP contribution in [0.15, 0.2) is 54.6 Å². The van der Waals surface area contributed by atoms with Crippen LogP contribution in [-0.2, 0) is 0 Å². The molecule has 0 bridgehead atoms. The van der Waals surface area contributed by atoms with Crippen LogP contribution >= 0.6 is 0 Å². The van der Waals surface area contributed by atoms with Crippen LogP contribution in [0.1, 0.15) is 0 Å². The topological polar surface area (TPSA) is 36.0 Å². The van der Waals surface area contributed by atoms with Crippen molar-refractivity contribution < 1.29 is 5.11 Å². The summed E-state index contributed by atoms with van der Waals surface area (Å²) in [6.45, 7) is 0. The lowest BCUT2D eigenvalue weighted by Crippen LogP contribution is -1.75. The van der Waals surface area contributed by atoms with Crippen LogP contribution in [0.2, 0.25) is 0 Å². The van der Waals surface area contributed by atoms with Gasteiger partial charge in [0, 0.05) is 21.8 Å². The Labute approximate surface area is 103 Å². The highest BCUT2D eigenvalue weighted by Crippen LogP contribution is 2.33. The lowest BCUT2D eigenvalue weighted by molar-refractivity contribution is 0.476. The molecule has 4 aromatic rings. The second kappa shape index (κ2) is 3.26. The lowest BCUT2D eigenvalue weighted by Gasteiger charge is -2.01. The van der Waals surface area contributed by atoms with Gasteiger partial charge in [0.25, 0.3) is 0 Å². The van der Waals surface area contributed by atoms with E-state index >= 15 is 0 Å². The Bertz CT molecular complexity index is 889. The quantitative estimate of drug-likeness (QED) is 0.469. The zero-order chi connectivity index (χ0) is 12.1. The Morgan fingerprint density at radius 1 is 0.778 bits per heavy atom. The van der Waals surface area contributed by atoms with Gasteiger partial charge in [0.2, 0.25) is 0 Å². The van der Waals surface area contributed by atoms with Crippen LogP contribution in [0.25, 0.3) is 32.6 Å². The number of H-pyrrole nitrogens is 1. The number of fused-ring (bicyclic) bond motifs is 5. The van der Waals surface area contributed by atoms with Crippen LogP contribution in [0, 0.1) is 0 Å². The van der Waals surface area contributed by atoms with Crippen LogP contribution in [0.5, 0.6) is 5.75 Å². The number of hydrogen-bond donors (Lipinski definition) is 2. The molecule has 0 amide bonds. The predicted molar refractivity (Wildman–Crippen MR) is 75.0 cm³/mol. The number of phenolic OH excluding ortho intramolecular Hbond substituents is 1. The number of benzene rings is 3. The van der Waals surface area contributed by atoms with Gasteiger partial charge >= 0.3 is 0 Å². The van der Waals surface area contributed by atoms with Crippen LogP contribution < -0.4 is 0 Å². The van der Waals surface area contributed by atoms with Crippen molar-refractivity contribution in [3.63, 3.8) is 0 Å². The number of rotatable bonds is 0. The molecule has 3 aromatic carbocycles. The van der Waals surface area contributed by atoms with Crippen molar-refractivity contribution in [1.82, 2.24) is 4.98 Å². The number of aromatic amines is 1. The van der Waals surface area contributed by atoms with Crippen LogP contribution in [0.4, 0.5) is 0 Å². The third kappa shape index (κ3) is 1.17. The first-order valence-corrected chi connectivity index (χ1v) is 5.95. The average molecular weight is 233 g/mol. The maximum atomic E-state index is 9.69. The minimum atomic E-state index is 0.306. The molecule has 1 aromatic heterocycles. The maximum Gasteiger partial charge on any atom is 0.116 e. The normalized spacial score (nSPS) is 11.6. The van der Waals surface area contributed by atoms with Crippen molar-refractivity contribution in [3.05, 3.63) is 54.6 Å². The summed E-state index contributed by atoms with van der Waals surface area (Å²) in [4.78, 5) is 3.41. The van der Waals surface area contributed by atoms with E-state index in [0.29, 0.717) is 5.75 Å². The first-order chi connectivity index (χ1) is 8.83. The van der Waals surface area contributed by atoms with Gasteiger partial charge in [-0.05, 0) is 35.0 Å². The molecule has 4 rings (SSSR count). The van der Waals surface area contributed by atoms with Crippen molar-refractivity contribution in [2.75, 3.05) is 0 Å². The number of nitrogens with one attached hydrogen (secondary N) is 1. The van der Waals surface area contributed by atoms with E-state index in [9.17, 15) is 5.11 Å². The molecule has 0 unspecified atom stereocenters. The van der Waals surface area contributed by atoms with Gasteiger partial charge in [0.05, 0.1) is 0 Å². The zero-order valence-electron chi connectivity index (χ0n) is 9.64. The van der Waals surface area contributed by atoms with E-state index in [1.807, 2.05) is 24.3 Å². The van der Waals surface area contributed by atoms with Gasteiger partial charge in [0.1, 0.15) is 5.75 Å². The summed E-state index contributed by atoms with van der Waals surface area (Å²) < 4.78 is 0. The minimum Gasteiger partial charge on any atom is -0.508 e. The van der Waals surface area contributed by atoms with Crippen molar-refractivity contribution in [2.45, 2.75) is 0 Å². The molecule has 2 N–H and O–H groups in total. The summed E-state index contributed by atoms with van der Waals surface area (Å²) in [5.41, 5.74) is 2.23. The van der Waals surface area contributed by atoms with Gasteiger partial charge in [-0.2, -0.15) is 0 Å². The van der Waals surface area contributed by atoms with Gasteiger partial charge in [-0.15, -0.1) is 0 Å². The Morgan fingerprint density at radius 2 is 1.61 bits per heavy atom. The second-order valence-electron chi connectivity index (χ2n) is 4.56. The Kier molecular flexibility index (Phi) is 1.73.